The van der Waals surface area contributed by atoms with E-state index in [9.17, 15) is 4.79 Å². The van der Waals surface area contributed by atoms with Gasteiger partial charge in [0.25, 0.3) is 0 Å². The van der Waals surface area contributed by atoms with Crippen LogP contribution >= 0.6 is 0 Å². The third-order valence-electron chi connectivity index (χ3n) is 2.53. The van der Waals surface area contributed by atoms with Crippen LogP contribution in [0.25, 0.3) is 0 Å². The van der Waals surface area contributed by atoms with Gasteiger partial charge in [-0.05, 0) is 32.0 Å². The van der Waals surface area contributed by atoms with Crippen molar-refractivity contribution >= 4 is 5.91 Å². The molecule has 3 heteroatoms. The lowest BCUT2D eigenvalue weighted by Gasteiger charge is -2.17. The number of aryl methyl sites for hydroxylation is 2. The van der Waals surface area contributed by atoms with Gasteiger partial charge in [0.15, 0.2) is 0 Å². The van der Waals surface area contributed by atoms with Crippen LogP contribution in [0.4, 0.5) is 0 Å². The van der Waals surface area contributed by atoms with Crippen molar-refractivity contribution in [3.8, 4) is 0 Å². The molecule has 0 saturated carbocycles. The lowest BCUT2D eigenvalue weighted by molar-refractivity contribution is -0.122. The Morgan fingerprint density at radius 2 is 1.93 bits per heavy atom. The fourth-order valence-electron chi connectivity index (χ4n) is 1.72. The SMILES string of the molecule is CNC(=O)C(NC)c1ccc(C)cc1C. The monoisotopic (exact) mass is 206 g/mol. The van der Waals surface area contributed by atoms with Crippen LogP contribution in [0.5, 0.6) is 0 Å². The van der Waals surface area contributed by atoms with Gasteiger partial charge in [0.05, 0.1) is 0 Å². The van der Waals surface area contributed by atoms with Crippen molar-refractivity contribution in [3.63, 3.8) is 0 Å². The number of carbonyl (C=O) groups excluding carboxylic acids is 1. The topological polar surface area (TPSA) is 41.1 Å². The average Bonchev–Trinajstić information content (AvgIpc) is 2.21. The van der Waals surface area contributed by atoms with Crippen molar-refractivity contribution in [2.24, 2.45) is 0 Å². The highest BCUT2D eigenvalue weighted by Gasteiger charge is 2.18. The molecule has 1 aromatic rings. The number of carbonyl (C=O) groups is 1. The van der Waals surface area contributed by atoms with Crippen LogP contribution < -0.4 is 10.6 Å². The second kappa shape index (κ2) is 4.94. The number of benzene rings is 1. The normalized spacial score (nSPS) is 12.3. The molecule has 1 unspecified atom stereocenters. The predicted molar refractivity (Wildman–Crippen MR) is 61.8 cm³/mol. The second-order valence-corrected chi connectivity index (χ2v) is 3.70. The number of amides is 1. The summed E-state index contributed by atoms with van der Waals surface area (Å²) in [5, 5.41) is 5.67. The molecule has 1 aromatic carbocycles. The molecule has 0 saturated heterocycles. The minimum absolute atomic E-state index is 0.00977. The Kier molecular flexibility index (Phi) is 3.86. The minimum atomic E-state index is -0.268. The van der Waals surface area contributed by atoms with Crippen molar-refractivity contribution in [1.29, 1.82) is 0 Å². The Hall–Kier alpha value is -1.35. The second-order valence-electron chi connectivity index (χ2n) is 3.70. The molecule has 0 spiro atoms. The number of rotatable bonds is 3. The van der Waals surface area contributed by atoms with Gasteiger partial charge in [-0.1, -0.05) is 23.8 Å². The largest absolute Gasteiger partial charge is 0.358 e. The molecule has 0 aliphatic heterocycles. The summed E-state index contributed by atoms with van der Waals surface area (Å²) in [6.45, 7) is 4.07. The standard InChI is InChI=1S/C12H18N2O/c1-8-5-6-10(9(2)7-8)11(13-3)12(15)14-4/h5-7,11,13H,1-4H3,(H,14,15). The highest BCUT2D eigenvalue weighted by Crippen LogP contribution is 2.18. The molecule has 0 aromatic heterocycles. The Balaban J connectivity index is 3.07. The van der Waals surface area contributed by atoms with Crippen molar-refractivity contribution < 1.29 is 4.79 Å². The molecule has 0 bridgehead atoms. The van der Waals surface area contributed by atoms with Crippen LogP contribution in [0, 0.1) is 13.8 Å². The summed E-state index contributed by atoms with van der Waals surface area (Å²) in [5.74, 6) is -0.00977. The molecule has 82 valence electrons. The van der Waals surface area contributed by atoms with Crippen LogP contribution in [0.1, 0.15) is 22.7 Å². The predicted octanol–water partition coefficient (Wildman–Crippen LogP) is 1.31. The van der Waals surface area contributed by atoms with E-state index in [1.165, 1.54) is 5.56 Å². The van der Waals surface area contributed by atoms with Crippen molar-refractivity contribution in [3.05, 3.63) is 34.9 Å². The van der Waals surface area contributed by atoms with E-state index in [1.54, 1.807) is 14.1 Å². The molecule has 3 nitrogen and oxygen atoms in total. The maximum absolute atomic E-state index is 11.6. The zero-order valence-electron chi connectivity index (χ0n) is 9.72. The summed E-state index contributed by atoms with van der Waals surface area (Å²) in [4.78, 5) is 11.6. The fourth-order valence-corrected chi connectivity index (χ4v) is 1.72. The maximum Gasteiger partial charge on any atom is 0.241 e. The van der Waals surface area contributed by atoms with Crippen LogP contribution in [0.15, 0.2) is 18.2 Å². The molecule has 15 heavy (non-hydrogen) atoms. The van der Waals surface area contributed by atoms with Crippen LogP contribution in [0.2, 0.25) is 0 Å². The van der Waals surface area contributed by atoms with Gasteiger partial charge in [0.2, 0.25) is 5.91 Å². The van der Waals surface area contributed by atoms with Crippen LogP contribution in [-0.4, -0.2) is 20.0 Å². The summed E-state index contributed by atoms with van der Waals surface area (Å²) in [7, 11) is 3.44. The summed E-state index contributed by atoms with van der Waals surface area (Å²) in [6.07, 6.45) is 0. The zero-order chi connectivity index (χ0) is 11.4. The molecule has 0 fully saturated rings. The highest BCUT2D eigenvalue weighted by molar-refractivity contribution is 5.83. The number of hydrogen-bond acceptors (Lipinski definition) is 2. The first-order chi connectivity index (χ1) is 7.10. The first-order valence-corrected chi connectivity index (χ1v) is 5.06. The van der Waals surface area contributed by atoms with Gasteiger partial charge >= 0.3 is 0 Å². The number of likely N-dealkylation sites (N-methyl/N-ethyl adjacent to an activating group) is 2. The summed E-state index contributed by atoms with van der Waals surface area (Å²) in [6, 6.07) is 5.84. The van der Waals surface area contributed by atoms with Gasteiger partial charge < -0.3 is 10.6 Å². The first-order valence-electron chi connectivity index (χ1n) is 5.06. The summed E-state index contributed by atoms with van der Waals surface area (Å²) >= 11 is 0. The zero-order valence-corrected chi connectivity index (χ0v) is 9.72. The van der Waals surface area contributed by atoms with Gasteiger partial charge in [-0.15, -0.1) is 0 Å². The van der Waals surface area contributed by atoms with Crippen LogP contribution in [0.3, 0.4) is 0 Å². The molecule has 0 aliphatic carbocycles. The Morgan fingerprint density at radius 1 is 1.27 bits per heavy atom. The number of hydrogen-bond donors (Lipinski definition) is 2. The van der Waals surface area contributed by atoms with Gasteiger partial charge in [-0.2, -0.15) is 0 Å². The number of nitrogens with one attached hydrogen (secondary N) is 2. The van der Waals surface area contributed by atoms with Crippen molar-refractivity contribution in [1.82, 2.24) is 10.6 Å². The van der Waals surface area contributed by atoms with E-state index in [0.717, 1.165) is 11.1 Å². The van der Waals surface area contributed by atoms with E-state index in [1.807, 2.05) is 26.0 Å². The lowest BCUT2D eigenvalue weighted by atomic mass is 9.99. The van der Waals surface area contributed by atoms with E-state index in [2.05, 4.69) is 16.7 Å². The Morgan fingerprint density at radius 3 is 2.40 bits per heavy atom. The van der Waals surface area contributed by atoms with E-state index in [4.69, 9.17) is 0 Å². The smallest absolute Gasteiger partial charge is 0.241 e. The molecule has 2 N–H and O–H groups in total. The minimum Gasteiger partial charge on any atom is -0.358 e. The first kappa shape index (κ1) is 11.7. The van der Waals surface area contributed by atoms with E-state index in [0.29, 0.717) is 0 Å². The van der Waals surface area contributed by atoms with E-state index < -0.39 is 0 Å². The van der Waals surface area contributed by atoms with Gasteiger partial charge in [0.1, 0.15) is 6.04 Å². The summed E-state index contributed by atoms with van der Waals surface area (Å²) in [5.41, 5.74) is 3.38. The Labute approximate surface area is 90.9 Å². The van der Waals surface area contributed by atoms with Crippen molar-refractivity contribution in [2.75, 3.05) is 14.1 Å². The molecule has 1 amide bonds. The van der Waals surface area contributed by atoms with E-state index in [-0.39, 0.29) is 11.9 Å². The lowest BCUT2D eigenvalue weighted by Crippen LogP contribution is -2.34. The molecule has 1 rings (SSSR count). The molecule has 0 radical (unpaired) electrons. The molecular weight excluding hydrogens is 188 g/mol. The van der Waals surface area contributed by atoms with E-state index >= 15 is 0 Å². The third kappa shape index (κ3) is 2.57. The van der Waals surface area contributed by atoms with Gasteiger partial charge in [0, 0.05) is 7.05 Å². The summed E-state index contributed by atoms with van der Waals surface area (Å²) < 4.78 is 0. The molecular formula is C12H18N2O. The molecule has 0 heterocycles. The molecule has 0 aliphatic rings. The molecule has 1 atom stereocenters. The van der Waals surface area contributed by atoms with Crippen molar-refractivity contribution in [2.45, 2.75) is 19.9 Å². The highest BCUT2D eigenvalue weighted by atomic mass is 16.2. The maximum atomic E-state index is 11.6. The third-order valence-corrected chi connectivity index (χ3v) is 2.53. The Bertz CT molecular complexity index is 361. The quantitative estimate of drug-likeness (QED) is 0.783. The van der Waals surface area contributed by atoms with Crippen LogP contribution in [-0.2, 0) is 4.79 Å². The van der Waals surface area contributed by atoms with Gasteiger partial charge in [-0.25, -0.2) is 0 Å². The van der Waals surface area contributed by atoms with Gasteiger partial charge in [-0.3, -0.25) is 4.79 Å². The average molecular weight is 206 g/mol. The fraction of sp³-hybridized carbons (Fsp3) is 0.417.